The molecule has 0 radical (unpaired) electrons. The Kier molecular flexibility index (Phi) is 6.35. The monoisotopic (exact) mass is 428 g/mol. The van der Waals surface area contributed by atoms with Crippen LogP contribution in [0.2, 0.25) is 5.02 Å². The van der Waals surface area contributed by atoms with E-state index in [2.05, 4.69) is 10.2 Å². The van der Waals surface area contributed by atoms with Crippen molar-refractivity contribution in [1.29, 1.82) is 0 Å². The molecule has 1 aliphatic heterocycles. The van der Waals surface area contributed by atoms with E-state index in [1.54, 1.807) is 36.4 Å². The molecular formula is C23H22ClFN2O3. The molecule has 1 fully saturated rings. The molecule has 0 unspecified atom stereocenters. The van der Waals surface area contributed by atoms with E-state index >= 15 is 0 Å². The van der Waals surface area contributed by atoms with E-state index < -0.39 is 0 Å². The van der Waals surface area contributed by atoms with Crippen LogP contribution in [0.15, 0.2) is 59.0 Å². The summed E-state index contributed by atoms with van der Waals surface area (Å²) in [7, 11) is 0. The molecule has 2 aromatic carbocycles. The lowest BCUT2D eigenvalue weighted by molar-refractivity contribution is -0.116. The van der Waals surface area contributed by atoms with Gasteiger partial charge in [0.1, 0.15) is 17.3 Å². The molecule has 4 rings (SSSR count). The molecule has 1 aromatic heterocycles. The average Bonchev–Trinajstić information content (AvgIpc) is 3.22. The quantitative estimate of drug-likeness (QED) is 0.590. The number of halogens is 2. The zero-order valence-electron chi connectivity index (χ0n) is 16.4. The number of nitrogens with one attached hydrogen (secondary N) is 1. The SMILES string of the molecule is O=C(CCc1ccc(-c2ccccc2F)o1)Nc1cc(Cl)ccc1N1CCOCC1. The van der Waals surface area contributed by atoms with Gasteiger partial charge in [-0.15, -0.1) is 0 Å². The third-order valence-corrected chi connectivity index (χ3v) is 5.22. The predicted molar refractivity (Wildman–Crippen MR) is 116 cm³/mol. The number of furan rings is 1. The summed E-state index contributed by atoms with van der Waals surface area (Å²) < 4.78 is 25.0. The number of rotatable bonds is 6. The summed E-state index contributed by atoms with van der Waals surface area (Å²) in [4.78, 5) is 14.7. The topological polar surface area (TPSA) is 54.7 Å². The molecule has 2 heterocycles. The lowest BCUT2D eigenvalue weighted by atomic mass is 10.1. The molecular weight excluding hydrogens is 407 g/mol. The van der Waals surface area contributed by atoms with Crippen molar-refractivity contribution in [2.75, 3.05) is 36.5 Å². The van der Waals surface area contributed by atoms with Gasteiger partial charge in [0.25, 0.3) is 0 Å². The summed E-state index contributed by atoms with van der Waals surface area (Å²) in [5.41, 5.74) is 2.01. The van der Waals surface area contributed by atoms with Gasteiger partial charge in [-0.1, -0.05) is 23.7 Å². The average molecular weight is 429 g/mol. The van der Waals surface area contributed by atoms with Gasteiger partial charge in [0.15, 0.2) is 0 Å². The Balaban J connectivity index is 1.40. The number of morpholine rings is 1. The van der Waals surface area contributed by atoms with E-state index in [1.807, 2.05) is 12.1 Å². The van der Waals surface area contributed by atoms with E-state index in [4.69, 9.17) is 20.8 Å². The second-order valence-electron chi connectivity index (χ2n) is 7.05. The van der Waals surface area contributed by atoms with Crippen LogP contribution in [0.4, 0.5) is 15.8 Å². The number of aryl methyl sites for hydroxylation is 1. The molecule has 0 saturated carbocycles. The maximum atomic E-state index is 13.9. The van der Waals surface area contributed by atoms with Crippen LogP contribution in [0.3, 0.4) is 0 Å². The molecule has 1 aliphatic rings. The molecule has 0 spiro atoms. The van der Waals surface area contributed by atoms with Crippen LogP contribution in [0.25, 0.3) is 11.3 Å². The second kappa shape index (κ2) is 9.32. The van der Waals surface area contributed by atoms with Crippen molar-refractivity contribution >= 4 is 28.9 Å². The number of nitrogens with zero attached hydrogens (tertiary/aromatic N) is 1. The fourth-order valence-corrected chi connectivity index (χ4v) is 3.63. The number of hydrogen-bond acceptors (Lipinski definition) is 4. The van der Waals surface area contributed by atoms with E-state index in [-0.39, 0.29) is 18.1 Å². The molecule has 5 nitrogen and oxygen atoms in total. The molecule has 1 N–H and O–H groups in total. The van der Waals surface area contributed by atoms with Gasteiger partial charge >= 0.3 is 0 Å². The van der Waals surface area contributed by atoms with Crippen molar-refractivity contribution in [2.24, 2.45) is 0 Å². The van der Waals surface area contributed by atoms with Crippen molar-refractivity contribution < 1.29 is 18.3 Å². The van der Waals surface area contributed by atoms with Gasteiger partial charge in [-0.05, 0) is 42.5 Å². The first kappa shape index (κ1) is 20.4. The van der Waals surface area contributed by atoms with Gasteiger partial charge in [-0.2, -0.15) is 0 Å². The lowest BCUT2D eigenvalue weighted by Crippen LogP contribution is -2.36. The number of carbonyl (C=O) groups is 1. The van der Waals surface area contributed by atoms with Crippen molar-refractivity contribution in [1.82, 2.24) is 0 Å². The van der Waals surface area contributed by atoms with E-state index in [0.29, 0.717) is 47.4 Å². The van der Waals surface area contributed by atoms with Gasteiger partial charge in [-0.3, -0.25) is 4.79 Å². The molecule has 1 saturated heterocycles. The van der Waals surface area contributed by atoms with Crippen LogP contribution in [0, 0.1) is 5.82 Å². The Hall–Kier alpha value is -2.83. The summed E-state index contributed by atoms with van der Waals surface area (Å²) in [6.45, 7) is 2.82. The van der Waals surface area contributed by atoms with Crippen LogP contribution in [0.1, 0.15) is 12.2 Å². The highest BCUT2D eigenvalue weighted by molar-refractivity contribution is 6.31. The zero-order valence-corrected chi connectivity index (χ0v) is 17.1. The molecule has 3 aromatic rings. The molecule has 7 heteroatoms. The van der Waals surface area contributed by atoms with Gasteiger partial charge in [0.05, 0.1) is 30.2 Å². The van der Waals surface area contributed by atoms with Crippen molar-refractivity contribution in [3.63, 3.8) is 0 Å². The van der Waals surface area contributed by atoms with Gasteiger partial charge in [-0.25, -0.2) is 4.39 Å². The Morgan fingerprint density at radius 1 is 1.10 bits per heavy atom. The first-order valence-corrected chi connectivity index (χ1v) is 10.2. The Morgan fingerprint density at radius 2 is 1.90 bits per heavy atom. The molecule has 1 amide bonds. The van der Waals surface area contributed by atoms with Gasteiger partial charge < -0.3 is 19.4 Å². The minimum Gasteiger partial charge on any atom is -0.461 e. The van der Waals surface area contributed by atoms with Crippen LogP contribution in [0.5, 0.6) is 0 Å². The maximum Gasteiger partial charge on any atom is 0.224 e. The van der Waals surface area contributed by atoms with Crippen LogP contribution in [-0.2, 0) is 16.0 Å². The van der Waals surface area contributed by atoms with Crippen molar-refractivity contribution in [3.8, 4) is 11.3 Å². The summed E-state index contributed by atoms with van der Waals surface area (Å²) in [5, 5.41) is 3.52. The van der Waals surface area contributed by atoms with Crippen LogP contribution in [-0.4, -0.2) is 32.2 Å². The summed E-state index contributed by atoms with van der Waals surface area (Å²) >= 11 is 6.15. The lowest BCUT2D eigenvalue weighted by Gasteiger charge is -2.30. The zero-order chi connectivity index (χ0) is 20.9. The normalized spacial score (nSPS) is 14.0. The standard InChI is InChI=1S/C23H22ClFN2O3/c24-16-5-8-21(27-11-13-29-14-12-27)20(15-16)26-23(28)10-7-17-6-9-22(30-17)18-3-1-2-4-19(18)25/h1-6,8-9,15H,7,10-14H2,(H,26,28). The number of ether oxygens (including phenoxy) is 1. The number of anilines is 2. The molecule has 0 aliphatic carbocycles. The number of hydrogen-bond donors (Lipinski definition) is 1. The minimum absolute atomic E-state index is 0.143. The first-order chi connectivity index (χ1) is 14.6. The first-order valence-electron chi connectivity index (χ1n) is 9.86. The minimum atomic E-state index is -0.340. The summed E-state index contributed by atoms with van der Waals surface area (Å²) in [6, 6.07) is 15.4. The summed E-state index contributed by atoms with van der Waals surface area (Å²) in [6.07, 6.45) is 0.646. The number of carbonyl (C=O) groups excluding carboxylic acids is 1. The highest BCUT2D eigenvalue weighted by atomic mass is 35.5. The van der Waals surface area contributed by atoms with Crippen molar-refractivity contribution in [2.45, 2.75) is 12.8 Å². The molecule has 156 valence electrons. The predicted octanol–water partition coefficient (Wildman–Crippen LogP) is 5.15. The maximum absolute atomic E-state index is 13.9. The summed E-state index contributed by atoms with van der Waals surface area (Å²) in [5.74, 6) is 0.596. The Labute approximate surface area is 179 Å². The van der Waals surface area contributed by atoms with Gasteiger partial charge in [0, 0.05) is 31.0 Å². The smallest absolute Gasteiger partial charge is 0.224 e. The Morgan fingerprint density at radius 3 is 2.70 bits per heavy atom. The second-order valence-corrected chi connectivity index (χ2v) is 7.49. The van der Waals surface area contributed by atoms with E-state index in [1.165, 1.54) is 6.07 Å². The van der Waals surface area contributed by atoms with E-state index in [0.717, 1.165) is 18.8 Å². The highest BCUT2D eigenvalue weighted by Crippen LogP contribution is 2.30. The van der Waals surface area contributed by atoms with Crippen LogP contribution >= 0.6 is 11.6 Å². The molecule has 0 atom stereocenters. The number of benzene rings is 2. The Bertz CT molecular complexity index is 1030. The highest BCUT2D eigenvalue weighted by Gasteiger charge is 2.17. The van der Waals surface area contributed by atoms with Gasteiger partial charge in [0.2, 0.25) is 5.91 Å². The largest absolute Gasteiger partial charge is 0.461 e. The fourth-order valence-electron chi connectivity index (χ4n) is 3.46. The number of amides is 1. The van der Waals surface area contributed by atoms with Crippen molar-refractivity contribution in [3.05, 3.63) is 71.2 Å². The third kappa shape index (κ3) is 4.83. The third-order valence-electron chi connectivity index (χ3n) is 4.98. The van der Waals surface area contributed by atoms with E-state index in [9.17, 15) is 9.18 Å². The fraction of sp³-hybridized carbons (Fsp3) is 0.261. The molecule has 30 heavy (non-hydrogen) atoms. The molecule has 0 bridgehead atoms. The van der Waals surface area contributed by atoms with Crippen LogP contribution < -0.4 is 10.2 Å².